The summed E-state index contributed by atoms with van der Waals surface area (Å²) < 4.78 is 5.93. The molecule has 3 aromatic rings. The van der Waals surface area contributed by atoms with E-state index in [1.54, 1.807) is 25.1 Å². The third-order valence-electron chi connectivity index (χ3n) is 6.16. The van der Waals surface area contributed by atoms with Gasteiger partial charge in [-0.05, 0) is 56.5 Å². The fraction of sp³-hybridized carbons (Fsp3) is 0.346. The van der Waals surface area contributed by atoms with Crippen molar-refractivity contribution in [2.75, 3.05) is 18.5 Å². The van der Waals surface area contributed by atoms with Crippen LogP contribution in [0.5, 0.6) is 0 Å². The molecule has 0 unspecified atom stereocenters. The molecule has 0 aliphatic carbocycles. The first-order valence-electron chi connectivity index (χ1n) is 11.6. The van der Waals surface area contributed by atoms with Crippen molar-refractivity contribution in [3.63, 3.8) is 0 Å². The van der Waals surface area contributed by atoms with Crippen LogP contribution < -0.4 is 16.4 Å². The molecule has 0 aliphatic heterocycles. The first-order valence-corrected chi connectivity index (χ1v) is 11.6. The van der Waals surface area contributed by atoms with Gasteiger partial charge >= 0.3 is 5.97 Å². The van der Waals surface area contributed by atoms with Crippen molar-refractivity contribution < 1.29 is 19.1 Å². The zero-order chi connectivity index (χ0) is 26.4. The van der Waals surface area contributed by atoms with Crippen molar-refractivity contribution in [1.29, 1.82) is 0 Å². The summed E-state index contributed by atoms with van der Waals surface area (Å²) in [7, 11) is 0. The number of aryl methyl sites for hydroxylation is 1. The number of carbonyl (C=O) groups excluding carboxylic acids is 3. The maximum atomic E-state index is 12.8. The highest BCUT2D eigenvalue weighted by atomic mass is 16.5. The molecule has 0 saturated carbocycles. The number of nitrogens with one attached hydrogen (secondary N) is 2. The molecule has 3 rings (SSSR count). The van der Waals surface area contributed by atoms with E-state index in [1.165, 1.54) is 17.0 Å². The average molecular weight is 495 g/mol. The third-order valence-corrected chi connectivity index (χ3v) is 6.16. The van der Waals surface area contributed by atoms with E-state index in [1.807, 2.05) is 32.9 Å². The number of amides is 2. The summed E-state index contributed by atoms with van der Waals surface area (Å²) >= 11 is 0. The monoisotopic (exact) mass is 494 g/mol. The number of rotatable bonds is 9. The second-order valence-corrected chi connectivity index (χ2v) is 8.61. The fourth-order valence-corrected chi connectivity index (χ4v) is 3.70. The largest absolute Gasteiger partial charge is 0.454 e. The summed E-state index contributed by atoms with van der Waals surface area (Å²) in [5.41, 5.74) is 1.55. The van der Waals surface area contributed by atoms with E-state index in [0.29, 0.717) is 12.1 Å². The average Bonchev–Trinajstić information content (AvgIpc) is 2.86. The molecular formula is C26H30N4O6. The number of esters is 1. The van der Waals surface area contributed by atoms with E-state index >= 15 is 0 Å². The molecule has 0 radical (unpaired) electrons. The van der Waals surface area contributed by atoms with E-state index < -0.39 is 36.1 Å². The summed E-state index contributed by atoms with van der Waals surface area (Å²) in [6, 6.07) is 11.5. The minimum Gasteiger partial charge on any atom is -0.454 e. The quantitative estimate of drug-likeness (QED) is 0.438. The van der Waals surface area contributed by atoms with Gasteiger partial charge in [0.1, 0.15) is 13.1 Å². The van der Waals surface area contributed by atoms with E-state index in [0.717, 1.165) is 15.8 Å². The molecule has 0 fully saturated rings. The Bertz CT molecular complexity index is 1410. The number of carbonyl (C=O) groups is 3. The summed E-state index contributed by atoms with van der Waals surface area (Å²) in [6.07, 6.45) is 0.587. The molecule has 2 aromatic carbocycles. The van der Waals surface area contributed by atoms with Gasteiger partial charge in [-0.2, -0.15) is 0 Å². The van der Waals surface area contributed by atoms with Crippen molar-refractivity contribution in [3.05, 3.63) is 74.3 Å². The molecule has 0 spiro atoms. The normalized spacial score (nSPS) is 11.7. The van der Waals surface area contributed by atoms with Crippen LogP contribution in [-0.2, 0) is 25.7 Å². The Labute approximate surface area is 207 Å². The Morgan fingerprint density at radius 1 is 1.06 bits per heavy atom. The van der Waals surface area contributed by atoms with Crippen molar-refractivity contribution >= 4 is 34.2 Å². The summed E-state index contributed by atoms with van der Waals surface area (Å²) in [4.78, 5) is 64.0. The third kappa shape index (κ3) is 6.07. The molecule has 1 heterocycles. The van der Waals surface area contributed by atoms with Crippen LogP contribution in [0.2, 0.25) is 0 Å². The highest BCUT2D eigenvalue weighted by Gasteiger charge is 2.23. The molecule has 1 atom stereocenters. The molecule has 10 nitrogen and oxygen atoms in total. The van der Waals surface area contributed by atoms with Gasteiger partial charge in [0.25, 0.3) is 17.0 Å². The predicted octanol–water partition coefficient (Wildman–Crippen LogP) is 2.12. The smallest absolute Gasteiger partial charge is 0.328 e. The van der Waals surface area contributed by atoms with Crippen molar-refractivity contribution in [2.45, 2.75) is 46.7 Å². The SMILES string of the molecule is CC[C@H](C)N(CC(=O)Nc1cccc(C)c1C)C(=O)COC(=O)Cn1[nH]c(=O)c2ccccc2c1=O. The van der Waals surface area contributed by atoms with Crippen molar-refractivity contribution in [3.8, 4) is 0 Å². The number of ether oxygens (including phenoxy) is 1. The maximum absolute atomic E-state index is 12.8. The first kappa shape index (κ1) is 26.4. The lowest BCUT2D eigenvalue weighted by Crippen LogP contribution is -2.45. The molecule has 0 aliphatic rings. The number of nitrogens with zero attached hydrogens (tertiary/aromatic N) is 2. The van der Waals surface area contributed by atoms with Gasteiger partial charge < -0.3 is 15.0 Å². The molecule has 2 amide bonds. The van der Waals surface area contributed by atoms with Gasteiger partial charge in [0.2, 0.25) is 5.91 Å². The first-order chi connectivity index (χ1) is 17.1. The number of hydrogen-bond acceptors (Lipinski definition) is 6. The van der Waals surface area contributed by atoms with E-state index in [9.17, 15) is 24.0 Å². The highest BCUT2D eigenvalue weighted by Crippen LogP contribution is 2.18. The van der Waals surface area contributed by atoms with E-state index in [4.69, 9.17) is 4.74 Å². The van der Waals surface area contributed by atoms with Crippen LogP contribution in [0.1, 0.15) is 31.4 Å². The predicted molar refractivity (Wildman–Crippen MR) is 136 cm³/mol. The summed E-state index contributed by atoms with van der Waals surface area (Å²) in [5, 5.41) is 5.55. The number of fused-ring (bicyclic) bond motifs is 1. The molecule has 10 heteroatoms. The van der Waals surface area contributed by atoms with Gasteiger partial charge in [-0.3, -0.25) is 29.1 Å². The number of hydrogen-bond donors (Lipinski definition) is 2. The number of aromatic amines is 1. The maximum Gasteiger partial charge on any atom is 0.328 e. The molecule has 0 bridgehead atoms. The van der Waals surface area contributed by atoms with Gasteiger partial charge in [-0.25, -0.2) is 4.68 Å². The lowest BCUT2D eigenvalue weighted by molar-refractivity contribution is -0.154. The topological polar surface area (TPSA) is 131 Å². The molecule has 0 saturated heterocycles. The van der Waals surface area contributed by atoms with Gasteiger partial charge in [0.05, 0.1) is 10.8 Å². The Kier molecular flexibility index (Phi) is 8.42. The number of anilines is 1. The Morgan fingerprint density at radius 2 is 1.75 bits per heavy atom. The van der Waals surface area contributed by atoms with Crippen LogP contribution in [0, 0.1) is 13.8 Å². The Balaban J connectivity index is 1.64. The molecule has 1 aromatic heterocycles. The van der Waals surface area contributed by atoms with Gasteiger partial charge in [-0.1, -0.05) is 31.2 Å². The Morgan fingerprint density at radius 3 is 2.44 bits per heavy atom. The highest BCUT2D eigenvalue weighted by molar-refractivity contribution is 5.95. The minimum atomic E-state index is -0.875. The zero-order valence-corrected chi connectivity index (χ0v) is 20.8. The summed E-state index contributed by atoms with van der Waals surface area (Å²) in [5.74, 6) is -1.79. The Hall–Kier alpha value is -4.21. The number of aromatic nitrogens is 2. The van der Waals surface area contributed by atoms with Crippen LogP contribution in [0.3, 0.4) is 0 Å². The van der Waals surface area contributed by atoms with Crippen molar-refractivity contribution in [2.24, 2.45) is 0 Å². The fourth-order valence-electron chi connectivity index (χ4n) is 3.70. The number of benzene rings is 2. The second-order valence-electron chi connectivity index (χ2n) is 8.61. The van der Waals surface area contributed by atoms with Gasteiger partial charge in [-0.15, -0.1) is 0 Å². The second kappa shape index (κ2) is 11.5. The van der Waals surface area contributed by atoms with Crippen LogP contribution >= 0.6 is 0 Å². The van der Waals surface area contributed by atoms with Crippen molar-refractivity contribution in [1.82, 2.24) is 14.7 Å². The molecular weight excluding hydrogens is 464 g/mol. The molecule has 36 heavy (non-hydrogen) atoms. The van der Waals surface area contributed by atoms with Crippen LogP contribution in [-0.4, -0.2) is 51.7 Å². The standard InChI is InChI=1S/C26H30N4O6/c1-5-17(3)29(13-22(31)27-21-12-8-9-16(2)18(21)4)23(32)15-36-24(33)14-30-26(35)20-11-7-6-10-19(20)25(34)28-30/h6-12,17H,5,13-15H2,1-4H3,(H,27,31)(H,28,34)/t17-/m0/s1. The minimum absolute atomic E-state index is 0.169. The number of H-pyrrole nitrogens is 1. The lowest BCUT2D eigenvalue weighted by atomic mass is 10.1. The van der Waals surface area contributed by atoms with Gasteiger partial charge in [0, 0.05) is 11.7 Å². The molecule has 190 valence electrons. The van der Waals surface area contributed by atoms with Crippen LogP contribution in [0.25, 0.3) is 10.8 Å². The van der Waals surface area contributed by atoms with E-state index in [-0.39, 0.29) is 29.3 Å². The van der Waals surface area contributed by atoms with Gasteiger partial charge in [0.15, 0.2) is 6.61 Å². The molecule has 2 N–H and O–H groups in total. The zero-order valence-electron chi connectivity index (χ0n) is 20.8. The lowest BCUT2D eigenvalue weighted by Gasteiger charge is -2.28. The van der Waals surface area contributed by atoms with E-state index in [2.05, 4.69) is 10.4 Å². The van der Waals surface area contributed by atoms with Crippen LogP contribution in [0.15, 0.2) is 52.1 Å². The summed E-state index contributed by atoms with van der Waals surface area (Å²) in [6.45, 7) is 6.13. The van der Waals surface area contributed by atoms with Crippen LogP contribution in [0.4, 0.5) is 5.69 Å².